The molecule has 0 aliphatic carbocycles. The highest BCUT2D eigenvalue weighted by Gasteiger charge is 2.25. The molecule has 1 saturated heterocycles. The van der Waals surface area contributed by atoms with Crippen LogP contribution in [-0.2, 0) is 4.79 Å². The fraction of sp³-hybridized carbons (Fsp3) is 0.462. The molecule has 2 unspecified atom stereocenters. The quantitative estimate of drug-likeness (QED) is 0.663. The maximum absolute atomic E-state index is 12.2. The lowest BCUT2D eigenvalue weighted by molar-refractivity contribution is -0.384. The van der Waals surface area contributed by atoms with E-state index in [-0.39, 0.29) is 23.2 Å². The van der Waals surface area contributed by atoms with Gasteiger partial charge in [-0.25, -0.2) is 0 Å². The van der Waals surface area contributed by atoms with E-state index in [1.165, 1.54) is 18.2 Å². The first-order valence-corrected chi connectivity index (χ1v) is 6.83. The van der Waals surface area contributed by atoms with Crippen molar-refractivity contribution >= 4 is 28.9 Å². The Bertz CT molecular complexity index is 536. The number of hydrogen-bond acceptors (Lipinski definition) is 4. The van der Waals surface area contributed by atoms with Crippen molar-refractivity contribution in [2.75, 3.05) is 11.9 Å². The van der Waals surface area contributed by atoms with Gasteiger partial charge in [0.1, 0.15) is 0 Å². The van der Waals surface area contributed by atoms with Gasteiger partial charge in [-0.15, -0.1) is 0 Å². The average Bonchev–Trinajstić information content (AvgIpc) is 2.41. The summed E-state index contributed by atoms with van der Waals surface area (Å²) in [6, 6.07) is 4.30. The molecule has 2 rings (SSSR count). The standard InChI is InChI=1S/C13H16ClN3O3/c1-8-6-9(4-5-15-8)13(18)16-12-7-10(17(19)20)2-3-11(12)14/h2-3,7-9,15H,4-6H2,1H3,(H,16,18). The molecule has 1 fully saturated rings. The van der Waals surface area contributed by atoms with Crippen LogP contribution in [0.15, 0.2) is 18.2 Å². The Morgan fingerprint density at radius 3 is 2.95 bits per heavy atom. The van der Waals surface area contributed by atoms with Gasteiger partial charge >= 0.3 is 0 Å². The van der Waals surface area contributed by atoms with E-state index in [0.717, 1.165) is 19.4 Å². The third kappa shape index (κ3) is 3.46. The van der Waals surface area contributed by atoms with Crippen LogP contribution >= 0.6 is 11.6 Å². The molecule has 0 saturated carbocycles. The van der Waals surface area contributed by atoms with Gasteiger partial charge in [0.05, 0.1) is 15.6 Å². The van der Waals surface area contributed by atoms with Crippen molar-refractivity contribution < 1.29 is 9.72 Å². The number of carbonyl (C=O) groups is 1. The number of nitrogens with one attached hydrogen (secondary N) is 2. The molecule has 1 heterocycles. The first kappa shape index (κ1) is 14.7. The number of nitro benzene ring substituents is 1. The van der Waals surface area contributed by atoms with E-state index in [1.807, 2.05) is 6.92 Å². The number of amides is 1. The zero-order valence-corrected chi connectivity index (χ0v) is 11.8. The zero-order valence-electron chi connectivity index (χ0n) is 11.1. The Morgan fingerprint density at radius 2 is 2.30 bits per heavy atom. The molecule has 1 amide bonds. The van der Waals surface area contributed by atoms with Crippen molar-refractivity contribution in [2.45, 2.75) is 25.8 Å². The molecule has 1 aliphatic heterocycles. The number of benzene rings is 1. The average molecular weight is 298 g/mol. The number of carbonyl (C=O) groups excluding carboxylic acids is 1. The highest BCUT2D eigenvalue weighted by molar-refractivity contribution is 6.33. The molecule has 0 spiro atoms. The van der Waals surface area contributed by atoms with Gasteiger partial charge in [-0.2, -0.15) is 0 Å². The fourth-order valence-corrected chi connectivity index (χ4v) is 2.49. The van der Waals surface area contributed by atoms with Crippen LogP contribution in [0.1, 0.15) is 19.8 Å². The summed E-state index contributed by atoms with van der Waals surface area (Å²) in [7, 11) is 0. The van der Waals surface area contributed by atoms with Crippen molar-refractivity contribution in [2.24, 2.45) is 5.92 Å². The minimum absolute atomic E-state index is 0.0941. The molecule has 1 aromatic rings. The van der Waals surface area contributed by atoms with Gasteiger partial charge in [0.25, 0.3) is 5.69 Å². The molecule has 6 nitrogen and oxygen atoms in total. The van der Waals surface area contributed by atoms with E-state index in [2.05, 4.69) is 10.6 Å². The van der Waals surface area contributed by atoms with Gasteiger partial charge in [-0.05, 0) is 32.4 Å². The first-order valence-electron chi connectivity index (χ1n) is 6.45. The van der Waals surface area contributed by atoms with Crippen LogP contribution in [0.3, 0.4) is 0 Å². The number of hydrogen-bond donors (Lipinski definition) is 2. The van der Waals surface area contributed by atoms with Gasteiger partial charge in [-0.3, -0.25) is 14.9 Å². The van der Waals surface area contributed by atoms with Crippen LogP contribution in [0, 0.1) is 16.0 Å². The summed E-state index contributed by atoms with van der Waals surface area (Å²) in [5.74, 6) is -0.234. The van der Waals surface area contributed by atoms with Crippen LogP contribution in [0.25, 0.3) is 0 Å². The van der Waals surface area contributed by atoms with E-state index < -0.39 is 4.92 Å². The molecule has 0 radical (unpaired) electrons. The third-order valence-corrected chi connectivity index (χ3v) is 3.74. The van der Waals surface area contributed by atoms with Gasteiger partial charge in [-0.1, -0.05) is 11.6 Å². The van der Waals surface area contributed by atoms with E-state index in [4.69, 9.17) is 11.6 Å². The summed E-state index contributed by atoms with van der Waals surface area (Å²) in [4.78, 5) is 22.4. The molecule has 2 atom stereocenters. The normalized spacial score (nSPS) is 22.3. The molecule has 1 aliphatic rings. The predicted octanol–water partition coefficient (Wildman–Crippen LogP) is 2.57. The number of piperidine rings is 1. The van der Waals surface area contributed by atoms with Crippen LogP contribution in [-0.4, -0.2) is 23.4 Å². The smallest absolute Gasteiger partial charge is 0.271 e. The van der Waals surface area contributed by atoms with Crippen molar-refractivity contribution in [3.05, 3.63) is 33.3 Å². The lowest BCUT2D eigenvalue weighted by Crippen LogP contribution is -2.40. The molecule has 7 heteroatoms. The van der Waals surface area contributed by atoms with Gasteiger partial charge in [0, 0.05) is 24.1 Å². The molecule has 2 N–H and O–H groups in total. The highest BCUT2D eigenvalue weighted by atomic mass is 35.5. The molecule has 0 bridgehead atoms. The maximum Gasteiger partial charge on any atom is 0.271 e. The number of nitrogens with zero attached hydrogens (tertiary/aromatic N) is 1. The molecule has 1 aromatic carbocycles. The SMILES string of the molecule is CC1CC(C(=O)Nc2cc([N+](=O)[O-])ccc2Cl)CCN1. The summed E-state index contributed by atoms with van der Waals surface area (Å²) < 4.78 is 0. The second-order valence-electron chi connectivity index (χ2n) is 4.99. The number of non-ortho nitro benzene ring substituents is 1. The Morgan fingerprint density at radius 1 is 1.55 bits per heavy atom. The van der Waals surface area contributed by atoms with Gasteiger partial charge in [0.2, 0.25) is 5.91 Å². The molecular formula is C13H16ClN3O3. The van der Waals surface area contributed by atoms with E-state index >= 15 is 0 Å². The van der Waals surface area contributed by atoms with Crippen LogP contribution in [0.2, 0.25) is 5.02 Å². The first-order chi connectivity index (χ1) is 9.47. The Labute approximate surface area is 121 Å². The summed E-state index contributed by atoms with van der Waals surface area (Å²) in [6.45, 7) is 2.82. The van der Waals surface area contributed by atoms with Crippen molar-refractivity contribution in [1.29, 1.82) is 0 Å². The lowest BCUT2D eigenvalue weighted by Gasteiger charge is -2.27. The number of halogens is 1. The second-order valence-corrected chi connectivity index (χ2v) is 5.39. The molecule has 108 valence electrons. The van der Waals surface area contributed by atoms with Crippen molar-refractivity contribution in [1.82, 2.24) is 5.32 Å². The molecule has 20 heavy (non-hydrogen) atoms. The summed E-state index contributed by atoms with van der Waals surface area (Å²) in [6.07, 6.45) is 1.50. The number of anilines is 1. The topological polar surface area (TPSA) is 84.3 Å². The van der Waals surface area contributed by atoms with Crippen LogP contribution < -0.4 is 10.6 Å². The Balaban J connectivity index is 2.10. The summed E-state index contributed by atoms with van der Waals surface area (Å²) in [5, 5.41) is 17.0. The minimum atomic E-state index is -0.515. The van der Waals surface area contributed by atoms with Crippen LogP contribution in [0.4, 0.5) is 11.4 Å². The van der Waals surface area contributed by atoms with E-state index in [9.17, 15) is 14.9 Å². The van der Waals surface area contributed by atoms with Gasteiger partial charge < -0.3 is 10.6 Å². The molecular weight excluding hydrogens is 282 g/mol. The third-order valence-electron chi connectivity index (χ3n) is 3.41. The minimum Gasteiger partial charge on any atom is -0.324 e. The lowest BCUT2D eigenvalue weighted by atomic mass is 9.92. The summed E-state index contributed by atoms with van der Waals surface area (Å²) in [5.41, 5.74) is 0.195. The highest BCUT2D eigenvalue weighted by Crippen LogP contribution is 2.28. The Hall–Kier alpha value is -1.66. The predicted molar refractivity (Wildman–Crippen MR) is 76.9 cm³/mol. The number of nitro groups is 1. The van der Waals surface area contributed by atoms with E-state index in [1.54, 1.807) is 0 Å². The summed E-state index contributed by atoms with van der Waals surface area (Å²) >= 11 is 5.96. The van der Waals surface area contributed by atoms with Crippen LogP contribution in [0.5, 0.6) is 0 Å². The zero-order chi connectivity index (χ0) is 14.7. The second kappa shape index (κ2) is 6.19. The van der Waals surface area contributed by atoms with Crippen molar-refractivity contribution in [3.8, 4) is 0 Å². The Kier molecular flexibility index (Phi) is 4.57. The van der Waals surface area contributed by atoms with Crippen molar-refractivity contribution in [3.63, 3.8) is 0 Å². The fourth-order valence-electron chi connectivity index (χ4n) is 2.33. The largest absolute Gasteiger partial charge is 0.324 e. The molecule has 0 aromatic heterocycles. The van der Waals surface area contributed by atoms with E-state index in [0.29, 0.717) is 11.1 Å². The monoisotopic (exact) mass is 297 g/mol. The maximum atomic E-state index is 12.2. The van der Waals surface area contributed by atoms with Gasteiger partial charge in [0.15, 0.2) is 0 Å². The number of rotatable bonds is 3.